The summed E-state index contributed by atoms with van der Waals surface area (Å²) in [5.74, 6) is 0.993. The Morgan fingerprint density at radius 3 is 2.67 bits per heavy atom. The summed E-state index contributed by atoms with van der Waals surface area (Å²) in [6, 6.07) is 9.51. The van der Waals surface area contributed by atoms with Gasteiger partial charge in [-0.2, -0.15) is 0 Å². The van der Waals surface area contributed by atoms with Gasteiger partial charge in [-0.25, -0.2) is 0 Å². The molecule has 1 atom stereocenters. The summed E-state index contributed by atoms with van der Waals surface area (Å²) in [4.78, 5) is 0. The molecule has 1 rings (SSSR count). The zero-order chi connectivity index (χ0) is 11.1. The number of nitrogens with zero attached hydrogens (tertiary/aromatic N) is 1. The maximum absolute atomic E-state index is 8.45. The molecular weight excluding hydrogens is 192 g/mol. The SMILES string of the molecule is CCC(C/C(N)=N/O)Oc1ccccc1. The molecule has 0 aromatic heterocycles. The van der Waals surface area contributed by atoms with Crippen LogP contribution in [0.4, 0.5) is 0 Å². The predicted octanol–water partition coefficient (Wildman–Crippen LogP) is 1.98. The second kappa shape index (κ2) is 5.90. The number of rotatable bonds is 5. The summed E-state index contributed by atoms with van der Waals surface area (Å²) in [6.07, 6.45) is 1.19. The van der Waals surface area contributed by atoms with Crippen LogP contribution in [0.15, 0.2) is 35.5 Å². The van der Waals surface area contributed by atoms with Gasteiger partial charge < -0.3 is 15.7 Å². The van der Waals surface area contributed by atoms with Gasteiger partial charge in [0.2, 0.25) is 0 Å². The van der Waals surface area contributed by atoms with Crippen LogP contribution in [0.1, 0.15) is 19.8 Å². The van der Waals surface area contributed by atoms with Crippen LogP contribution in [0.5, 0.6) is 5.75 Å². The minimum Gasteiger partial charge on any atom is -0.490 e. The lowest BCUT2D eigenvalue weighted by molar-refractivity contribution is 0.202. The van der Waals surface area contributed by atoms with E-state index in [-0.39, 0.29) is 11.9 Å². The molecule has 0 saturated carbocycles. The number of nitrogens with two attached hydrogens (primary N) is 1. The molecule has 1 aromatic rings. The quantitative estimate of drug-likeness (QED) is 0.336. The summed E-state index contributed by atoms with van der Waals surface area (Å²) < 4.78 is 5.66. The van der Waals surface area contributed by atoms with Crippen LogP contribution in [-0.2, 0) is 0 Å². The van der Waals surface area contributed by atoms with E-state index in [1.54, 1.807) is 0 Å². The molecule has 0 radical (unpaired) electrons. The third-order valence-corrected chi connectivity index (χ3v) is 2.07. The molecule has 4 nitrogen and oxygen atoms in total. The number of hydrogen-bond acceptors (Lipinski definition) is 3. The smallest absolute Gasteiger partial charge is 0.142 e. The van der Waals surface area contributed by atoms with Gasteiger partial charge in [0.25, 0.3) is 0 Å². The number of amidine groups is 1. The summed E-state index contributed by atoms with van der Waals surface area (Å²) in [5, 5.41) is 11.4. The monoisotopic (exact) mass is 208 g/mol. The molecule has 1 aromatic carbocycles. The van der Waals surface area contributed by atoms with Gasteiger partial charge in [-0.3, -0.25) is 0 Å². The molecule has 0 saturated heterocycles. The van der Waals surface area contributed by atoms with E-state index >= 15 is 0 Å². The summed E-state index contributed by atoms with van der Waals surface area (Å²) in [7, 11) is 0. The zero-order valence-corrected chi connectivity index (χ0v) is 8.76. The van der Waals surface area contributed by atoms with Crippen LogP contribution in [0, 0.1) is 0 Å². The highest BCUT2D eigenvalue weighted by atomic mass is 16.5. The standard InChI is InChI=1S/C11H16N2O2/c1-2-9(8-11(12)13-14)15-10-6-4-3-5-7-10/h3-7,9,14H,2,8H2,1H3,(H2,12,13). The highest BCUT2D eigenvalue weighted by molar-refractivity contribution is 5.80. The van der Waals surface area contributed by atoms with Crippen molar-refractivity contribution in [3.8, 4) is 5.75 Å². The fourth-order valence-electron chi connectivity index (χ4n) is 1.23. The van der Waals surface area contributed by atoms with Gasteiger partial charge in [0, 0.05) is 6.42 Å². The van der Waals surface area contributed by atoms with E-state index in [0.29, 0.717) is 6.42 Å². The molecule has 0 bridgehead atoms. The summed E-state index contributed by atoms with van der Waals surface area (Å²) in [5.41, 5.74) is 5.42. The lowest BCUT2D eigenvalue weighted by Gasteiger charge is -2.16. The van der Waals surface area contributed by atoms with Crippen LogP contribution in [0.25, 0.3) is 0 Å². The number of ether oxygens (including phenoxy) is 1. The van der Waals surface area contributed by atoms with Crippen LogP contribution in [0.2, 0.25) is 0 Å². The Hall–Kier alpha value is -1.71. The van der Waals surface area contributed by atoms with Crippen LogP contribution >= 0.6 is 0 Å². The van der Waals surface area contributed by atoms with Crippen molar-refractivity contribution in [3.63, 3.8) is 0 Å². The first-order chi connectivity index (χ1) is 7.26. The normalized spacial score (nSPS) is 13.5. The minimum atomic E-state index is -0.0525. The fraction of sp³-hybridized carbons (Fsp3) is 0.364. The number of oxime groups is 1. The van der Waals surface area contributed by atoms with Crippen molar-refractivity contribution >= 4 is 5.84 Å². The van der Waals surface area contributed by atoms with Crippen molar-refractivity contribution in [1.29, 1.82) is 0 Å². The minimum absolute atomic E-state index is 0.0525. The molecule has 4 heteroatoms. The van der Waals surface area contributed by atoms with Gasteiger partial charge in [-0.15, -0.1) is 0 Å². The van der Waals surface area contributed by atoms with Crippen LogP contribution in [-0.4, -0.2) is 17.1 Å². The maximum Gasteiger partial charge on any atom is 0.142 e. The van der Waals surface area contributed by atoms with Gasteiger partial charge in [0.15, 0.2) is 0 Å². The van der Waals surface area contributed by atoms with Crippen LogP contribution < -0.4 is 10.5 Å². The Morgan fingerprint density at radius 2 is 2.13 bits per heavy atom. The third kappa shape index (κ3) is 3.89. The first-order valence-corrected chi connectivity index (χ1v) is 4.94. The second-order valence-corrected chi connectivity index (χ2v) is 3.26. The van der Waals surface area contributed by atoms with Crippen molar-refractivity contribution in [2.24, 2.45) is 10.9 Å². The van der Waals surface area contributed by atoms with E-state index in [2.05, 4.69) is 5.16 Å². The van der Waals surface area contributed by atoms with E-state index in [4.69, 9.17) is 15.7 Å². The van der Waals surface area contributed by atoms with E-state index in [1.807, 2.05) is 37.3 Å². The topological polar surface area (TPSA) is 67.8 Å². The molecule has 0 fully saturated rings. The highest BCUT2D eigenvalue weighted by Gasteiger charge is 2.10. The second-order valence-electron chi connectivity index (χ2n) is 3.26. The van der Waals surface area contributed by atoms with Crippen molar-refractivity contribution in [2.75, 3.05) is 0 Å². The van der Waals surface area contributed by atoms with Crippen molar-refractivity contribution in [3.05, 3.63) is 30.3 Å². The molecule has 15 heavy (non-hydrogen) atoms. The number of hydrogen-bond donors (Lipinski definition) is 2. The maximum atomic E-state index is 8.45. The molecule has 0 aliphatic rings. The van der Waals surface area contributed by atoms with Gasteiger partial charge in [-0.05, 0) is 18.6 Å². The highest BCUT2D eigenvalue weighted by Crippen LogP contribution is 2.14. The Balaban J connectivity index is 2.54. The average molecular weight is 208 g/mol. The van der Waals surface area contributed by atoms with Gasteiger partial charge in [0.05, 0.1) is 0 Å². The fourth-order valence-corrected chi connectivity index (χ4v) is 1.23. The number of para-hydroxylation sites is 1. The average Bonchev–Trinajstić information content (AvgIpc) is 2.29. The molecule has 0 aliphatic carbocycles. The van der Waals surface area contributed by atoms with E-state index in [0.717, 1.165) is 12.2 Å². The zero-order valence-electron chi connectivity index (χ0n) is 8.76. The van der Waals surface area contributed by atoms with Crippen LogP contribution in [0.3, 0.4) is 0 Å². The van der Waals surface area contributed by atoms with Crippen molar-refractivity contribution in [2.45, 2.75) is 25.9 Å². The lowest BCUT2D eigenvalue weighted by atomic mass is 10.2. The van der Waals surface area contributed by atoms with Crippen molar-refractivity contribution < 1.29 is 9.94 Å². The molecule has 0 heterocycles. The van der Waals surface area contributed by atoms with Gasteiger partial charge in [0.1, 0.15) is 17.7 Å². The third-order valence-electron chi connectivity index (χ3n) is 2.07. The molecule has 3 N–H and O–H groups in total. The molecule has 0 aliphatic heterocycles. The Bertz CT molecular complexity index is 312. The number of benzene rings is 1. The summed E-state index contributed by atoms with van der Waals surface area (Å²) >= 11 is 0. The first kappa shape index (κ1) is 11.4. The lowest BCUT2D eigenvalue weighted by Crippen LogP contribution is -2.24. The van der Waals surface area contributed by atoms with E-state index in [9.17, 15) is 0 Å². The van der Waals surface area contributed by atoms with Gasteiger partial charge in [-0.1, -0.05) is 30.3 Å². The Morgan fingerprint density at radius 1 is 1.47 bits per heavy atom. The Kier molecular flexibility index (Phi) is 4.47. The largest absolute Gasteiger partial charge is 0.490 e. The first-order valence-electron chi connectivity index (χ1n) is 4.94. The summed E-state index contributed by atoms with van der Waals surface area (Å²) in [6.45, 7) is 2.00. The van der Waals surface area contributed by atoms with E-state index in [1.165, 1.54) is 0 Å². The predicted molar refractivity (Wildman–Crippen MR) is 59.2 cm³/mol. The molecule has 0 amide bonds. The van der Waals surface area contributed by atoms with E-state index < -0.39 is 0 Å². The van der Waals surface area contributed by atoms with Gasteiger partial charge >= 0.3 is 0 Å². The molecule has 82 valence electrons. The Labute approximate surface area is 89.4 Å². The molecule has 0 spiro atoms. The molecular formula is C11H16N2O2. The molecule has 1 unspecified atom stereocenters. The van der Waals surface area contributed by atoms with Crippen molar-refractivity contribution in [1.82, 2.24) is 0 Å².